The van der Waals surface area contributed by atoms with Crippen LogP contribution < -0.4 is 5.32 Å². The highest BCUT2D eigenvalue weighted by molar-refractivity contribution is 6.35. The first kappa shape index (κ1) is 16.9. The average Bonchev–Trinajstić information content (AvgIpc) is 3.04. The van der Waals surface area contributed by atoms with E-state index in [1.54, 1.807) is 0 Å². The molecular weight excluding hydrogens is 334 g/mol. The quantitative estimate of drug-likeness (QED) is 0.904. The molecule has 2 aliphatic rings. The minimum atomic E-state index is 0.0883. The van der Waals surface area contributed by atoms with Gasteiger partial charge in [0.15, 0.2) is 0 Å². The largest absolute Gasteiger partial charge is 0.354 e. The highest BCUT2D eigenvalue weighted by atomic mass is 35.5. The lowest BCUT2D eigenvalue weighted by Crippen LogP contribution is -2.51. The van der Waals surface area contributed by atoms with Gasteiger partial charge in [0.2, 0.25) is 5.91 Å². The van der Waals surface area contributed by atoms with E-state index in [0.29, 0.717) is 18.5 Å². The highest BCUT2D eigenvalue weighted by Gasteiger charge is 2.32. The number of piperidine rings is 2. The molecule has 1 aromatic heterocycles. The zero-order valence-electron chi connectivity index (χ0n) is 14.6. The monoisotopic (exact) mass is 359 g/mol. The SMILES string of the molecule is O=C(Cn1ccc2c(Cl)cccc21)NCC1CCCN2CCCCC12. The van der Waals surface area contributed by atoms with E-state index >= 15 is 0 Å². The summed E-state index contributed by atoms with van der Waals surface area (Å²) in [6.45, 7) is 3.64. The molecule has 4 rings (SSSR count). The van der Waals surface area contributed by atoms with Crippen molar-refractivity contribution in [2.45, 2.75) is 44.7 Å². The van der Waals surface area contributed by atoms with Gasteiger partial charge in [-0.1, -0.05) is 24.1 Å². The van der Waals surface area contributed by atoms with Crippen LogP contribution in [0.3, 0.4) is 0 Å². The van der Waals surface area contributed by atoms with E-state index in [-0.39, 0.29) is 5.91 Å². The second-order valence-corrected chi connectivity index (χ2v) is 7.83. The van der Waals surface area contributed by atoms with Crippen LogP contribution in [0.25, 0.3) is 10.9 Å². The van der Waals surface area contributed by atoms with Crippen LogP contribution in [0.5, 0.6) is 0 Å². The Morgan fingerprint density at radius 2 is 2.04 bits per heavy atom. The van der Waals surface area contributed by atoms with Crippen LogP contribution in [0.15, 0.2) is 30.5 Å². The minimum Gasteiger partial charge on any atom is -0.354 e. The predicted molar refractivity (Wildman–Crippen MR) is 102 cm³/mol. The molecule has 5 heteroatoms. The van der Waals surface area contributed by atoms with Gasteiger partial charge in [-0.15, -0.1) is 0 Å². The summed E-state index contributed by atoms with van der Waals surface area (Å²) >= 11 is 6.22. The maximum atomic E-state index is 12.5. The van der Waals surface area contributed by atoms with E-state index in [2.05, 4.69) is 10.2 Å². The molecule has 2 fully saturated rings. The van der Waals surface area contributed by atoms with Crippen molar-refractivity contribution in [3.05, 3.63) is 35.5 Å². The Balaban J connectivity index is 1.36. The molecule has 2 atom stereocenters. The van der Waals surface area contributed by atoms with Crippen LogP contribution in [0.2, 0.25) is 5.02 Å². The molecule has 2 aliphatic heterocycles. The first-order valence-corrected chi connectivity index (χ1v) is 9.84. The third-order valence-corrected chi connectivity index (χ3v) is 6.19. The second kappa shape index (κ2) is 7.38. The number of aromatic nitrogens is 1. The number of rotatable bonds is 4. The van der Waals surface area contributed by atoms with Crippen molar-refractivity contribution in [1.82, 2.24) is 14.8 Å². The lowest BCUT2D eigenvalue weighted by Gasteiger charge is -2.44. The summed E-state index contributed by atoms with van der Waals surface area (Å²) in [4.78, 5) is 15.1. The number of hydrogen-bond acceptors (Lipinski definition) is 2. The molecule has 2 aromatic rings. The molecule has 0 spiro atoms. The number of halogens is 1. The Hall–Kier alpha value is -1.52. The summed E-state index contributed by atoms with van der Waals surface area (Å²) in [5.74, 6) is 0.694. The van der Waals surface area contributed by atoms with E-state index in [4.69, 9.17) is 11.6 Å². The number of nitrogens with zero attached hydrogens (tertiary/aromatic N) is 2. The topological polar surface area (TPSA) is 37.3 Å². The van der Waals surface area contributed by atoms with Gasteiger partial charge in [0, 0.05) is 34.7 Å². The molecule has 0 bridgehead atoms. The molecule has 2 unspecified atom stereocenters. The summed E-state index contributed by atoms with van der Waals surface area (Å²) in [6, 6.07) is 8.47. The van der Waals surface area contributed by atoms with Crippen molar-refractivity contribution in [2.75, 3.05) is 19.6 Å². The second-order valence-electron chi connectivity index (χ2n) is 7.42. The lowest BCUT2D eigenvalue weighted by atomic mass is 9.83. The summed E-state index contributed by atoms with van der Waals surface area (Å²) < 4.78 is 1.98. The summed E-state index contributed by atoms with van der Waals surface area (Å²) in [5.41, 5.74) is 1.01. The maximum Gasteiger partial charge on any atom is 0.239 e. The van der Waals surface area contributed by atoms with Gasteiger partial charge in [0.25, 0.3) is 0 Å². The molecular formula is C20H26ClN3O. The molecule has 1 amide bonds. The molecule has 134 valence electrons. The fourth-order valence-corrected chi connectivity index (χ4v) is 4.83. The third kappa shape index (κ3) is 3.56. The zero-order valence-corrected chi connectivity index (χ0v) is 15.3. The summed E-state index contributed by atoms with van der Waals surface area (Å²) in [6.07, 6.45) is 8.41. The van der Waals surface area contributed by atoms with Crippen molar-refractivity contribution in [3.8, 4) is 0 Å². The maximum absolute atomic E-state index is 12.5. The molecule has 3 heterocycles. The minimum absolute atomic E-state index is 0.0883. The third-order valence-electron chi connectivity index (χ3n) is 5.86. The van der Waals surface area contributed by atoms with Crippen molar-refractivity contribution in [3.63, 3.8) is 0 Å². The van der Waals surface area contributed by atoms with Crippen LogP contribution in [0.1, 0.15) is 32.1 Å². The Morgan fingerprint density at radius 1 is 1.16 bits per heavy atom. The summed E-state index contributed by atoms with van der Waals surface area (Å²) in [7, 11) is 0. The van der Waals surface area contributed by atoms with Crippen LogP contribution in [-0.2, 0) is 11.3 Å². The van der Waals surface area contributed by atoms with Crippen molar-refractivity contribution < 1.29 is 4.79 Å². The summed E-state index contributed by atoms with van der Waals surface area (Å²) in [5, 5.41) is 4.92. The Morgan fingerprint density at radius 3 is 2.96 bits per heavy atom. The van der Waals surface area contributed by atoms with Crippen LogP contribution >= 0.6 is 11.6 Å². The predicted octanol–water partition coefficient (Wildman–Crippen LogP) is 3.68. The van der Waals surface area contributed by atoms with Crippen LogP contribution in [0, 0.1) is 5.92 Å². The van der Waals surface area contributed by atoms with Gasteiger partial charge in [0.1, 0.15) is 6.54 Å². The van der Waals surface area contributed by atoms with Gasteiger partial charge in [-0.05, 0) is 62.9 Å². The highest BCUT2D eigenvalue weighted by Crippen LogP contribution is 2.30. The Kier molecular flexibility index (Phi) is 5.00. The fraction of sp³-hybridized carbons (Fsp3) is 0.550. The van der Waals surface area contributed by atoms with Gasteiger partial charge in [-0.3, -0.25) is 4.79 Å². The fourth-order valence-electron chi connectivity index (χ4n) is 4.59. The number of nitrogens with one attached hydrogen (secondary N) is 1. The Labute approximate surface area is 154 Å². The molecule has 1 N–H and O–H groups in total. The van der Waals surface area contributed by atoms with E-state index in [0.717, 1.165) is 22.5 Å². The average molecular weight is 360 g/mol. The first-order chi connectivity index (χ1) is 12.2. The van der Waals surface area contributed by atoms with Gasteiger partial charge >= 0.3 is 0 Å². The van der Waals surface area contributed by atoms with Gasteiger partial charge in [-0.25, -0.2) is 0 Å². The number of amides is 1. The number of carbonyl (C=O) groups excluding carboxylic acids is 1. The van der Waals surface area contributed by atoms with E-state index < -0.39 is 0 Å². The van der Waals surface area contributed by atoms with E-state index in [1.807, 2.05) is 35.0 Å². The van der Waals surface area contributed by atoms with Gasteiger partial charge < -0.3 is 14.8 Å². The van der Waals surface area contributed by atoms with Crippen LogP contribution in [-0.4, -0.2) is 41.1 Å². The molecule has 25 heavy (non-hydrogen) atoms. The Bertz CT molecular complexity index is 754. The molecule has 0 radical (unpaired) electrons. The molecule has 1 aromatic carbocycles. The number of fused-ring (bicyclic) bond motifs is 2. The first-order valence-electron chi connectivity index (χ1n) is 9.46. The lowest BCUT2D eigenvalue weighted by molar-refractivity contribution is -0.122. The van der Waals surface area contributed by atoms with Crippen molar-refractivity contribution in [2.24, 2.45) is 5.92 Å². The van der Waals surface area contributed by atoms with Crippen molar-refractivity contribution >= 4 is 28.4 Å². The molecule has 4 nitrogen and oxygen atoms in total. The standard InChI is InChI=1S/C20H26ClN3O/c21-17-6-3-8-19-16(17)9-12-24(19)14-20(25)22-13-15-5-4-11-23-10-2-1-7-18(15)23/h3,6,8-9,12,15,18H,1-2,4-5,7,10-11,13-14H2,(H,22,25). The number of hydrogen-bond donors (Lipinski definition) is 1. The van der Waals surface area contributed by atoms with Crippen LogP contribution in [0.4, 0.5) is 0 Å². The number of carbonyl (C=O) groups is 1. The van der Waals surface area contributed by atoms with Gasteiger partial charge in [-0.2, -0.15) is 0 Å². The smallest absolute Gasteiger partial charge is 0.239 e. The van der Waals surface area contributed by atoms with E-state index in [9.17, 15) is 4.79 Å². The number of benzene rings is 1. The molecule has 2 saturated heterocycles. The van der Waals surface area contributed by atoms with Gasteiger partial charge in [0.05, 0.1) is 0 Å². The molecule has 0 aliphatic carbocycles. The molecule has 0 saturated carbocycles. The zero-order chi connectivity index (χ0) is 17.2. The van der Waals surface area contributed by atoms with Crippen molar-refractivity contribution in [1.29, 1.82) is 0 Å². The normalized spacial score (nSPS) is 24.2. The van der Waals surface area contributed by atoms with E-state index in [1.165, 1.54) is 45.2 Å².